The Morgan fingerprint density at radius 1 is 0.952 bits per heavy atom. The Morgan fingerprint density at radius 3 is 2.35 bits per heavy atom. The molecule has 6 rings (SSSR count). The van der Waals surface area contributed by atoms with Crippen LogP contribution in [0.1, 0.15) is 57.7 Å². The van der Waals surface area contributed by atoms with Gasteiger partial charge in [0.2, 0.25) is 17.8 Å². The van der Waals surface area contributed by atoms with E-state index in [1.54, 1.807) is 69.9 Å². The highest BCUT2D eigenvalue weighted by molar-refractivity contribution is 6.47. The molecule has 0 spiro atoms. The van der Waals surface area contributed by atoms with Crippen LogP contribution < -0.4 is 47.6 Å². The number of anilines is 3. The predicted molar refractivity (Wildman–Crippen MR) is 237 cm³/mol. The van der Waals surface area contributed by atoms with Gasteiger partial charge in [-0.25, -0.2) is 24.6 Å². The number of ether oxygens (including phenoxy) is 2. The van der Waals surface area contributed by atoms with E-state index in [0.29, 0.717) is 70.2 Å². The summed E-state index contributed by atoms with van der Waals surface area (Å²) in [6.45, 7) is 8.72. The average molecular weight is 861 g/mol. The van der Waals surface area contributed by atoms with E-state index < -0.39 is 23.6 Å². The molecule has 0 bridgehead atoms. The molecular formula is C42H50N15O6+. The molecule has 4 amide bonds. The van der Waals surface area contributed by atoms with Gasteiger partial charge in [0.1, 0.15) is 34.8 Å². The number of nitrogen functional groups attached to an aromatic ring is 1. The number of aliphatic imine (C=N–C) groups is 1. The van der Waals surface area contributed by atoms with E-state index in [0.717, 1.165) is 0 Å². The SMILES string of the molecule is CCN=C(/C=C(/C)N)C(=O)Nc1[nH]c2cc(C(N)=O)cc(OC)c2[n+]1C/C=C/Cn1c(NC(=O)c2cc(C)nn2CC)nc2cc(C(N)=O)cc(OC/C=C/Cn3cc(N)cn3)c21. The largest absolute Gasteiger partial charge is 0.493 e. The van der Waals surface area contributed by atoms with E-state index in [2.05, 4.69) is 30.8 Å². The van der Waals surface area contributed by atoms with Crippen LogP contribution in [0.3, 0.4) is 0 Å². The number of aromatic amines is 1. The second-order valence-corrected chi connectivity index (χ2v) is 14.2. The molecule has 2 aromatic carbocycles. The first-order valence-electron chi connectivity index (χ1n) is 19.8. The van der Waals surface area contributed by atoms with Gasteiger partial charge in [0.15, 0.2) is 11.3 Å². The third-order valence-corrected chi connectivity index (χ3v) is 9.47. The topological polar surface area (TPSA) is 300 Å². The molecule has 21 nitrogen and oxygen atoms in total. The van der Waals surface area contributed by atoms with Crippen LogP contribution in [0.2, 0.25) is 0 Å². The molecule has 4 aromatic heterocycles. The lowest BCUT2D eigenvalue weighted by atomic mass is 10.1. The number of fused-ring (bicyclic) bond motifs is 2. The second kappa shape index (κ2) is 19.4. The zero-order valence-corrected chi connectivity index (χ0v) is 35.5. The summed E-state index contributed by atoms with van der Waals surface area (Å²) >= 11 is 0. The third-order valence-electron chi connectivity index (χ3n) is 9.47. The van der Waals surface area contributed by atoms with Crippen LogP contribution in [0.5, 0.6) is 11.5 Å². The number of aryl methyl sites for hydroxylation is 2. The fourth-order valence-corrected chi connectivity index (χ4v) is 6.73. The quantitative estimate of drug-likeness (QED) is 0.0353. The summed E-state index contributed by atoms with van der Waals surface area (Å²) in [5.74, 6) is -1.37. The van der Waals surface area contributed by atoms with Crippen molar-refractivity contribution in [1.82, 2.24) is 34.1 Å². The van der Waals surface area contributed by atoms with Crippen molar-refractivity contribution in [2.24, 2.45) is 22.2 Å². The van der Waals surface area contributed by atoms with Crippen molar-refractivity contribution in [3.8, 4) is 11.5 Å². The Morgan fingerprint density at radius 2 is 1.68 bits per heavy atom. The van der Waals surface area contributed by atoms with Crippen LogP contribution in [0.25, 0.3) is 22.1 Å². The summed E-state index contributed by atoms with van der Waals surface area (Å²) in [7, 11) is 1.45. The number of benzene rings is 2. The number of nitrogens with zero attached hydrogens (tertiary/aromatic N) is 8. The summed E-state index contributed by atoms with van der Waals surface area (Å²) in [6.07, 6.45) is 12.0. The van der Waals surface area contributed by atoms with Crippen LogP contribution >= 0.6 is 0 Å². The van der Waals surface area contributed by atoms with E-state index in [1.807, 2.05) is 25.2 Å². The number of carbonyl (C=O) groups excluding carboxylic acids is 4. The molecule has 0 saturated carbocycles. The Balaban J connectivity index is 1.40. The standard InChI is InChI=1S/C42H49N15O6/c1-6-47-31(16-24(3)43)39(60)51-41-49-29-18-26(37(45)58)20-33(62-5)35(29)55(41)13-8-9-14-56-36-30(50-42(56)52-40(61)32-17-25(4)53-57(32)7-2)19-27(38(46)59)21-34(36)63-15-11-10-12-54-23-28(44)22-48-54/h8-11,16-23H,6-7,12-15,44H2,1-5H3,(H8,43,45,46,47,49,50,51,52,58,59,60,61)/p+1/b9-8+,11-10+. The number of imidazole rings is 2. The highest BCUT2D eigenvalue weighted by atomic mass is 16.5. The molecule has 4 heterocycles. The maximum atomic E-state index is 13.8. The molecule has 0 aliphatic carbocycles. The summed E-state index contributed by atoms with van der Waals surface area (Å²) in [5, 5.41) is 14.4. The van der Waals surface area contributed by atoms with Crippen molar-refractivity contribution < 1.29 is 33.2 Å². The molecule has 0 atom stereocenters. The number of hydrogen-bond acceptors (Lipinski definition) is 12. The number of hydrogen-bond donors (Lipinski definition) is 7. The number of nitrogens with one attached hydrogen (secondary N) is 3. The Kier molecular flexibility index (Phi) is 13.7. The molecule has 0 aliphatic heterocycles. The van der Waals surface area contributed by atoms with E-state index in [-0.39, 0.29) is 54.2 Å². The number of primary amides is 2. The van der Waals surface area contributed by atoms with Crippen molar-refractivity contribution in [1.29, 1.82) is 0 Å². The smallest absolute Gasteiger partial charge is 0.363 e. The van der Waals surface area contributed by atoms with Gasteiger partial charge in [-0.1, -0.05) is 18.2 Å². The van der Waals surface area contributed by atoms with E-state index >= 15 is 0 Å². The first-order valence-corrected chi connectivity index (χ1v) is 19.8. The molecule has 0 aliphatic rings. The van der Waals surface area contributed by atoms with Gasteiger partial charge in [-0.2, -0.15) is 10.2 Å². The molecule has 11 N–H and O–H groups in total. The highest BCUT2D eigenvalue weighted by Crippen LogP contribution is 2.32. The maximum absolute atomic E-state index is 13.8. The molecule has 0 saturated heterocycles. The lowest BCUT2D eigenvalue weighted by molar-refractivity contribution is -0.646. The average Bonchev–Trinajstić information content (AvgIpc) is 4.02. The number of methoxy groups -OCH3 is 1. The number of allylic oxidation sites excluding steroid dienone is 4. The van der Waals surface area contributed by atoms with Gasteiger partial charge >= 0.3 is 11.9 Å². The normalized spacial score (nSPS) is 12.2. The number of nitrogens with two attached hydrogens (primary N) is 4. The monoisotopic (exact) mass is 860 g/mol. The minimum Gasteiger partial charge on any atom is -0.493 e. The molecular weight excluding hydrogens is 811 g/mol. The molecule has 6 aromatic rings. The van der Waals surface area contributed by atoms with Crippen LogP contribution in [0.15, 0.2) is 83.8 Å². The maximum Gasteiger partial charge on any atom is 0.363 e. The van der Waals surface area contributed by atoms with Gasteiger partial charge in [-0.15, -0.1) is 0 Å². The summed E-state index contributed by atoms with van der Waals surface area (Å²) in [4.78, 5) is 64.3. The first kappa shape index (κ1) is 44.3. The van der Waals surface area contributed by atoms with Crippen LogP contribution in [-0.2, 0) is 31.0 Å². The first-order chi connectivity index (χ1) is 30.2. The number of H-pyrrole nitrogens is 1. The molecule has 21 heteroatoms. The molecule has 0 radical (unpaired) electrons. The number of amides is 4. The van der Waals surface area contributed by atoms with Crippen molar-refractivity contribution >= 4 is 69.0 Å². The predicted octanol–water partition coefficient (Wildman–Crippen LogP) is 2.72. The van der Waals surface area contributed by atoms with Crippen molar-refractivity contribution in [3.05, 3.63) is 101 Å². The molecule has 328 valence electrons. The van der Waals surface area contributed by atoms with Gasteiger partial charge in [-0.3, -0.25) is 34.1 Å². The molecule has 0 unspecified atom stereocenters. The number of aromatic nitrogens is 8. The van der Waals surface area contributed by atoms with Crippen molar-refractivity contribution in [2.75, 3.05) is 36.6 Å². The van der Waals surface area contributed by atoms with E-state index in [4.69, 9.17) is 37.4 Å². The van der Waals surface area contributed by atoms with Crippen LogP contribution in [0.4, 0.5) is 17.6 Å². The fraction of sp³-hybridized carbons (Fsp3) is 0.262. The minimum absolute atomic E-state index is 0.0993. The fourth-order valence-electron chi connectivity index (χ4n) is 6.73. The van der Waals surface area contributed by atoms with Gasteiger partial charge in [0, 0.05) is 42.7 Å². The van der Waals surface area contributed by atoms with Crippen LogP contribution in [-0.4, -0.2) is 83.7 Å². The second-order valence-electron chi connectivity index (χ2n) is 14.2. The van der Waals surface area contributed by atoms with Crippen molar-refractivity contribution in [3.63, 3.8) is 0 Å². The van der Waals surface area contributed by atoms with Gasteiger partial charge < -0.3 is 37.0 Å². The van der Waals surface area contributed by atoms with Gasteiger partial charge in [-0.05, 0) is 70.2 Å². The van der Waals surface area contributed by atoms with Gasteiger partial charge in [0.25, 0.3) is 5.91 Å². The minimum atomic E-state index is -0.699. The molecule has 0 fully saturated rings. The van der Waals surface area contributed by atoms with Crippen LogP contribution in [0, 0.1) is 6.92 Å². The Labute approximate surface area is 361 Å². The summed E-state index contributed by atoms with van der Waals surface area (Å²) in [6, 6.07) is 7.80. The van der Waals surface area contributed by atoms with Crippen molar-refractivity contribution in [2.45, 2.75) is 53.9 Å². The summed E-state index contributed by atoms with van der Waals surface area (Å²) < 4.78 is 18.7. The lowest BCUT2D eigenvalue weighted by Crippen LogP contribution is -2.38. The zero-order chi connectivity index (χ0) is 45.4. The van der Waals surface area contributed by atoms with E-state index in [9.17, 15) is 19.2 Å². The molecule has 63 heavy (non-hydrogen) atoms. The number of rotatable bonds is 19. The zero-order valence-electron chi connectivity index (χ0n) is 35.5. The Hall–Kier alpha value is -8.23. The van der Waals surface area contributed by atoms with E-state index in [1.165, 1.54) is 31.4 Å². The van der Waals surface area contributed by atoms with Gasteiger partial charge in [0.05, 0.1) is 43.3 Å². The lowest BCUT2D eigenvalue weighted by Gasteiger charge is -2.12. The summed E-state index contributed by atoms with van der Waals surface area (Å²) in [5.41, 5.74) is 27.2. The highest BCUT2D eigenvalue weighted by Gasteiger charge is 2.26. The Bertz CT molecular complexity index is 2830. The number of carbonyl (C=O) groups is 4. The third kappa shape index (κ3) is 10.2.